The number of carbonyl (C=O) groups is 1. The van der Waals surface area contributed by atoms with Crippen LogP contribution in [0.1, 0.15) is 33.7 Å². The molecule has 0 aliphatic heterocycles. The fourth-order valence-electron chi connectivity index (χ4n) is 1.12. The molecule has 0 saturated carbocycles. The summed E-state index contributed by atoms with van der Waals surface area (Å²) in [5.41, 5.74) is -1.73. The summed E-state index contributed by atoms with van der Waals surface area (Å²) in [5, 5.41) is 17.3. The molecule has 1 aromatic heterocycles. The van der Waals surface area contributed by atoms with Crippen molar-refractivity contribution in [1.29, 1.82) is 5.26 Å². The Morgan fingerprint density at radius 1 is 1.69 bits per heavy atom. The second-order valence-corrected chi connectivity index (χ2v) is 3.05. The quantitative estimate of drug-likeness (QED) is 0.831. The number of carboxylic acids is 1. The zero-order valence-corrected chi connectivity index (χ0v) is 8.50. The number of pyridine rings is 1. The minimum Gasteiger partial charge on any atom is -0.477 e. The molecule has 1 N–H and O–H groups in total. The summed E-state index contributed by atoms with van der Waals surface area (Å²) < 4.78 is 25.0. The minimum absolute atomic E-state index is 0.0341. The summed E-state index contributed by atoms with van der Waals surface area (Å²) >= 11 is 5.45. The summed E-state index contributed by atoms with van der Waals surface area (Å²) in [5.74, 6) is -1.68. The van der Waals surface area contributed by atoms with Crippen molar-refractivity contribution in [3.8, 4) is 6.07 Å². The van der Waals surface area contributed by atoms with Crippen LogP contribution in [0.25, 0.3) is 0 Å². The molecular formula is C9H5ClF2N2O2. The SMILES string of the molecule is N#Cc1c(CCl)cc(C(=O)O)nc1C(F)F. The third-order valence-corrected chi connectivity index (χ3v) is 2.10. The lowest BCUT2D eigenvalue weighted by Gasteiger charge is -2.07. The normalized spacial score (nSPS) is 10.2. The molecule has 0 aliphatic carbocycles. The van der Waals surface area contributed by atoms with Gasteiger partial charge in [-0.15, -0.1) is 11.6 Å². The Bertz CT molecular complexity index is 471. The molecule has 0 spiro atoms. The lowest BCUT2D eigenvalue weighted by molar-refractivity contribution is 0.0688. The number of rotatable bonds is 3. The maximum absolute atomic E-state index is 12.5. The van der Waals surface area contributed by atoms with Gasteiger partial charge in [0.15, 0.2) is 0 Å². The molecule has 0 aromatic carbocycles. The summed E-state index contributed by atoms with van der Waals surface area (Å²) in [4.78, 5) is 13.8. The van der Waals surface area contributed by atoms with Crippen molar-refractivity contribution in [2.45, 2.75) is 12.3 Å². The van der Waals surface area contributed by atoms with Crippen LogP contribution in [0.3, 0.4) is 0 Å². The van der Waals surface area contributed by atoms with Crippen LogP contribution < -0.4 is 0 Å². The molecule has 0 atom stereocenters. The molecule has 84 valence electrons. The van der Waals surface area contributed by atoms with Gasteiger partial charge in [-0.3, -0.25) is 0 Å². The lowest BCUT2D eigenvalue weighted by atomic mass is 10.1. The average Bonchev–Trinajstić information content (AvgIpc) is 2.26. The first-order chi connectivity index (χ1) is 7.51. The Morgan fingerprint density at radius 2 is 2.31 bits per heavy atom. The van der Waals surface area contributed by atoms with Gasteiger partial charge in [0.25, 0.3) is 6.43 Å². The minimum atomic E-state index is -3.02. The molecule has 0 amide bonds. The smallest absolute Gasteiger partial charge is 0.354 e. The summed E-state index contributed by atoms with van der Waals surface area (Å²) in [6.45, 7) is 0. The van der Waals surface area contributed by atoms with Crippen molar-refractivity contribution in [3.05, 3.63) is 28.6 Å². The van der Waals surface area contributed by atoms with Crippen molar-refractivity contribution in [2.75, 3.05) is 0 Å². The Labute approximate surface area is 94.1 Å². The van der Waals surface area contributed by atoms with E-state index >= 15 is 0 Å². The van der Waals surface area contributed by atoms with Crippen LogP contribution in [0.15, 0.2) is 6.07 Å². The van der Waals surface area contributed by atoms with Crippen LogP contribution >= 0.6 is 11.6 Å². The highest BCUT2D eigenvalue weighted by Crippen LogP contribution is 2.25. The number of nitriles is 1. The van der Waals surface area contributed by atoms with Crippen molar-refractivity contribution < 1.29 is 18.7 Å². The molecule has 16 heavy (non-hydrogen) atoms. The van der Waals surface area contributed by atoms with Gasteiger partial charge >= 0.3 is 5.97 Å². The second kappa shape index (κ2) is 4.86. The maximum Gasteiger partial charge on any atom is 0.354 e. The Morgan fingerprint density at radius 3 is 2.69 bits per heavy atom. The molecule has 1 rings (SSSR count). The zero-order chi connectivity index (χ0) is 12.3. The van der Waals surface area contributed by atoms with E-state index in [4.69, 9.17) is 22.0 Å². The van der Waals surface area contributed by atoms with E-state index in [0.29, 0.717) is 0 Å². The van der Waals surface area contributed by atoms with Crippen LogP contribution in [0.5, 0.6) is 0 Å². The van der Waals surface area contributed by atoms with Gasteiger partial charge in [0.2, 0.25) is 0 Å². The summed E-state index contributed by atoms with van der Waals surface area (Å²) in [7, 11) is 0. The van der Waals surface area contributed by atoms with E-state index < -0.39 is 23.8 Å². The van der Waals surface area contributed by atoms with E-state index in [1.165, 1.54) is 0 Å². The van der Waals surface area contributed by atoms with Gasteiger partial charge in [-0.2, -0.15) is 5.26 Å². The molecule has 7 heteroatoms. The third kappa shape index (κ3) is 2.25. The predicted molar refractivity (Wildman–Crippen MR) is 50.4 cm³/mol. The third-order valence-electron chi connectivity index (χ3n) is 1.81. The van der Waals surface area contributed by atoms with Gasteiger partial charge in [0.1, 0.15) is 17.5 Å². The number of halogens is 3. The van der Waals surface area contributed by atoms with E-state index in [1.54, 1.807) is 6.07 Å². The van der Waals surface area contributed by atoms with Crippen molar-refractivity contribution >= 4 is 17.6 Å². The van der Waals surface area contributed by atoms with Gasteiger partial charge in [0.05, 0.1) is 5.56 Å². The number of alkyl halides is 3. The topological polar surface area (TPSA) is 74.0 Å². The summed E-state index contributed by atoms with van der Waals surface area (Å²) in [6, 6.07) is 2.56. The molecular weight excluding hydrogens is 242 g/mol. The fourth-order valence-corrected chi connectivity index (χ4v) is 1.33. The molecule has 0 saturated heterocycles. The van der Waals surface area contributed by atoms with E-state index in [0.717, 1.165) is 6.07 Å². The average molecular weight is 247 g/mol. The standard InChI is InChI=1S/C9H5ClF2N2O2/c10-2-4-1-6(9(15)16)14-7(8(11)12)5(4)3-13/h1,8H,2H2,(H,15,16). The first-order valence-electron chi connectivity index (χ1n) is 4.02. The molecule has 4 nitrogen and oxygen atoms in total. The van der Waals surface area contributed by atoms with E-state index in [9.17, 15) is 13.6 Å². The number of nitrogens with zero attached hydrogens (tertiary/aromatic N) is 2. The number of hydrogen-bond donors (Lipinski definition) is 1. The first-order valence-corrected chi connectivity index (χ1v) is 4.56. The highest BCUT2D eigenvalue weighted by Gasteiger charge is 2.21. The first kappa shape index (κ1) is 12.3. The van der Waals surface area contributed by atoms with Crippen LogP contribution in [-0.2, 0) is 5.88 Å². The van der Waals surface area contributed by atoms with Gasteiger partial charge in [-0.25, -0.2) is 18.6 Å². The van der Waals surface area contributed by atoms with Gasteiger partial charge in [0, 0.05) is 5.88 Å². The van der Waals surface area contributed by atoms with Crippen LogP contribution in [0.4, 0.5) is 8.78 Å². The molecule has 1 heterocycles. The number of aromatic carboxylic acids is 1. The Hall–Kier alpha value is -1.74. The van der Waals surface area contributed by atoms with Crippen molar-refractivity contribution in [2.24, 2.45) is 0 Å². The fraction of sp³-hybridized carbons (Fsp3) is 0.222. The highest BCUT2D eigenvalue weighted by molar-refractivity contribution is 6.17. The van der Waals surface area contributed by atoms with Crippen molar-refractivity contribution in [1.82, 2.24) is 4.98 Å². The molecule has 0 bridgehead atoms. The van der Waals surface area contributed by atoms with Crippen molar-refractivity contribution in [3.63, 3.8) is 0 Å². The lowest BCUT2D eigenvalue weighted by Crippen LogP contribution is -2.08. The van der Waals surface area contributed by atoms with E-state index in [2.05, 4.69) is 4.98 Å². The predicted octanol–water partition coefficient (Wildman–Crippen LogP) is 2.33. The number of aromatic nitrogens is 1. The Kier molecular flexibility index (Phi) is 3.74. The molecule has 0 fully saturated rings. The molecule has 1 aromatic rings. The monoisotopic (exact) mass is 246 g/mol. The van der Waals surface area contributed by atoms with E-state index in [-0.39, 0.29) is 17.0 Å². The molecule has 0 aliphatic rings. The zero-order valence-electron chi connectivity index (χ0n) is 7.75. The van der Waals surface area contributed by atoms with Gasteiger partial charge < -0.3 is 5.11 Å². The maximum atomic E-state index is 12.5. The van der Waals surface area contributed by atoms with Crippen LogP contribution in [-0.4, -0.2) is 16.1 Å². The molecule has 0 radical (unpaired) electrons. The number of carboxylic acid groups (broad SMARTS) is 1. The van der Waals surface area contributed by atoms with Crippen LogP contribution in [0, 0.1) is 11.3 Å². The van der Waals surface area contributed by atoms with Gasteiger partial charge in [-0.05, 0) is 11.6 Å². The largest absolute Gasteiger partial charge is 0.477 e. The van der Waals surface area contributed by atoms with E-state index in [1.807, 2.05) is 0 Å². The highest BCUT2D eigenvalue weighted by atomic mass is 35.5. The second-order valence-electron chi connectivity index (χ2n) is 2.78. The Balaban J connectivity index is 3.51. The number of hydrogen-bond acceptors (Lipinski definition) is 3. The van der Waals surface area contributed by atoms with Gasteiger partial charge in [-0.1, -0.05) is 0 Å². The molecule has 0 unspecified atom stereocenters. The summed E-state index contributed by atoms with van der Waals surface area (Å²) in [6.07, 6.45) is -3.02. The van der Waals surface area contributed by atoms with Crippen LogP contribution in [0.2, 0.25) is 0 Å².